The van der Waals surface area contributed by atoms with E-state index in [1.165, 1.54) is 4.68 Å². The van der Waals surface area contributed by atoms with Gasteiger partial charge in [-0.05, 0) is 42.8 Å². The molecule has 2 amide bonds. The molecular formula is C24H22N4O4. The number of benzene rings is 3. The van der Waals surface area contributed by atoms with E-state index in [0.717, 1.165) is 10.8 Å². The summed E-state index contributed by atoms with van der Waals surface area (Å²) in [6.07, 6.45) is 0. The van der Waals surface area contributed by atoms with Gasteiger partial charge in [-0.3, -0.25) is 25.2 Å². The fourth-order valence-corrected chi connectivity index (χ4v) is 3.35. The molecule has 4 rings (SSSR count). The summed E-state index contributed by atoms with van der Waals surface area (Å²) >= 11 is 0. The van der Waals surface area contributed by atoms with E-state index in [1.807, 2.05) is 36.4 Å². The molecule has 8 nitrogen and oxygen atoms in total. The molecule has 0 aliphatic rings. The third kappa shape index (κ3) is 4.29. The SMILES string of the molecule is CC(C)n1nc(C(=O)NNC(=O)COc2ccc3ccccc3c2)c2ccccc2c1=O. The monoisotopic (exact) mass is 430 g/mol. The van der Waals surface area contributed by atoms with E-state index in [9.17, 15) is 14.4 Å². The highest BCUT2D eigenvalue weighted by Gasteiger charge is 2.18. The molecule has 32 heavy (non-hydrogen) atoms. The van der Waals surface area contributed by atoms with Crippen molar-refractivity contribution in [1.82, 2.24) is 20.6 Å². The summed E-state index contributed by atoms with van der Waals surface area (Å²) < 4.78 is 6.78. The molecule has 0 saturated heterocycles. The summed E-state index contributed by atoms with van der Waals surface area (Å²) in [5, 5.41) is 7.07. The minimum atomic E-state index is -0.630. The Hall–Kier alpha value is -4.20. The van der Waals surface area contributed by atoms with Crippen molar-refractivity contribution in [3.05, 3.63) is 82.8 Å². The summed E-state index contributed by atoms with van der Waals surface area (Å²) in [5.41, 5.74) is 4.44. The van der Waals surface area contributed by atoms with Crippen molar-refractivity contribution in [2.75, 3.05) is 6.61 Å². The highest BCUT2D eigenvalue weighted by Crippen LogP contribution is 2.20. The van der Waals surface area contributed by atoms with Gasteiger partial charge in [0.2, 0.25) is 0 Å². The van der Waals surface area contributed by atoms with Crippen LogP contribution in [0.4, 0.5) is 0 Å². The second-order valence-corrected chi connectivity index (χ2v) is 7.54. The largest absolute Gasteiger partial charge is 0.484 e. The number of aromatic nitrogens is 2. The predicted molar refractivity (Wildman–Crippen MR) is 121 cm³/mol. The Labute approximate surface area is 183 Å². The van der Waals surface area contributed by atoms with Crippen molar-refractivity contribution in [2.24, 2.45) is 0 Å². The molecule has 1 heterocycles. The Morgan fingerprint density at radius 2 is 1.62 bits per heavy atom. The van der Waals surface area contributed by atoms with Crippen LogP contribution < -0.4 is 21.1 Å². The van der Waals surface area contributed by atoms with Gasteiger partial charge in [-0.25, -0.2) is 4.68 Å². The summed E-state index contributed by atoms with van der Waals surface area (Å²) in [6, 6.07) is 19.8. The molecule has 3 aromatic carbocycles. The molecule has 0 saturated carbocycles. The maximum Gasteiger partial charge on any atom is 0.290 e. The van der Waals surface area contributed by atoms with Gasteiger partial charge in [-0.1, -0.05) is 48.5 Å². The standard InChI is InChI=1S/C24H22N4O4/c1-15(2)28-24(31)20-10-6-5-9-19(20)22(27-28)23(30)26-25-21(29)14-32-18-12-11-16-7-3-4-8-17(16)13-18/h3-13,15H,14H2,1-2H3,(H,25,29)(H,26,30). The van der Waals surface area contributed by atoms with Crippen LogP contribution in [0.2, 0.25) is 0 Å². The number of ether oxygens (including phenoxy) is 1. The molecule has 0 atom stereocenters. The first-order valence-electron chi connectivity index (χ1n) is 10.2. The van der Waals surface area contributed by atoms with Crippen LogP contribution in [0.1, 0.15) is 30.4 Å². The van der Waals surface area contributed by atoms with Crippen LogP contribution in [0.15, 0.2) is 71.5 Å². The summed E-state index contributed by atoms with van der Waals surface area (Å²) in [6.45, 7) is 3.33. The maximum atomic E-state index is 12.7. The number of carbonyl (C=O) groups excluding carboxylic acids is 2. The molecule has 0 spiro atoms. The molecule has 0 fully saturated rings. The van der Waals surface area contributed by atoms with Crippen molar-refractivity contribution >= 4 is 33.4 Å². The van der Waals surface area contributed by atoms with Crippen molar-refractivity contribution in [1.29, 1.82) is 0 Å². The van der Waals surface area contributed by atoms with Crippen LogP contribution in [-0.4, -0.2) is 28.2 Å². The van der Waals surface area contributed by atoms with Gasteiger partial charge < -0.3 is 4.74 Å². The van der Waals surface area contributed by atoms with Gasteiger partial charge in [-0.15, -0.1) is 0 Å². The number of rotatable bonds is 5. The molecule has 0 bridgehead atoms. The molecule has 8 heteroatoms. The maximum absolute atomic E-state index is 12.7. The van der Waals surface area contributed by atoms with Crippen LogP contribution in [0.5, 0.6) is 5.75 Å². The quantitative estimate of drug-likeness (QED) is 0.474. The van der Waals surface area contributed by atoms with E-state index < -0.39 is 11.8 Å². The predicted octanol–water partition coefficient (Wildman–Crippen LogP) is 2.97. The Morgan fingerprint density at radius 3 is 2.38 bits per heavy atom. The summed E-state index contributed by atoms with van der Waals surface area (Å²) in [4.78, 5) is 37.5. The molecule has 2 N–H and O–H groups in total. The van der Waals surface area contributed by atoms with E-state index in [0.29, 0.717) is 16.5 Å². The molecule has 0 aliphatic heterocycles. The van der Waals surface area contributed by atoms with Gasteiger partial charge in [0.1, 0.15) is 5.75 Å². The fourth-order valence-electron chi connectivity index (χ4n) is 3.35. The molecule has 0 unspecified atom stereocenters. The van der Waals surface area contributed by atoms with E-state index in [-0.39, 0.29) is 23.9 Å². The molecule has 1 aromatic heterocycles. The normalized spacial score (nSPS) is 11.0. The van der Waals surface area contributed by atoms with Gasteiger partial charge in [-0.2, -0.15) is 5.10 Å². The van der Waals surface area contributed by atoms with Gasteiger partial charge >= 0.3 is 0 Å². The second-order valence-electron chi connectivity index (χ2n) is 7.54. The van der Waals surface area contributed by atoms with Crippen molar-refractivity contribution < 1.29 is 14.3 Å². The molecular weight excluding hydrogens is 408 g/mol. The van der Waals surface area contributed by atoms with Crippen molar-refractivity contribution in [3.8, 4) is 5.75 Å². The molecule has 0 radical (unpaired) electrons. The third-order valence-corrected chi connectivity index (χ3v) is 4.94. The van der Waals surface area contributed by atoms with E-state index in [2.05, 4.69) is 16.0 Å². The number of fused-ring (bicyclic) bond motifs is 2. The van der Waals surface area contributed by atoms with Gasteiger partial charge in [0.05, 0.1) is 11.4 Å². The molecule has 4 aromatic rings. The minimum Gasteiger partial charge on any atom is -0.484 e. The first kappa shape index (κ1) is 21.0. The second kappa shape index (κ2) is 8.89. The molecule has 0 aliphatic carbocycles. The average Bonchev–Trinajstić information content (AvgIpc) is 2.81. The number of nitrogens with zero attached hydrogens (tertiary/aromatic N) is 2. The molecule has 162 valence electrons. The van der Waals surface area contributed by atoms with Gasteiger partial charge in [0, 0.05) is 5.39 Å². The number of hydrazine groups is 1. The lowest BCUT2D eigenvalue weighted by Crippen LogP contribution is -2.44. The third-order valence-electron chi connectivity index (χ3n) is 4.94. The first-order chi connectivity index (χ1) is 15.4. The average molecular weight is 430 g/mol. The van der Waals surface area contributed by atoms with Crippen LogP contribution in [0, 0.1) is 0 Å². The van der Waals surface area contributed by atoms with Crippen molar-refractivity contribution in [2.45, 2.75) is 19.9 Å². The van der Waals surface area contributed by atoms with Crippen LogP contribution >= 0.6 is 0 Å². The number of nitrogens with one attached hydrogen (secondary N) is 2. The Morgan fingerprint density at radius 1 is 0.938 bits per heavy atom. The zero-order valence-electron chi connectivity index (χ0n) is 17.7. The van der Waals surface area contributed by atoms with Crippen LogP contribution in [0.3, 0.4) is 0 Å². The van der Waals surface area contributed by atoms with Crippen LogP contribution in [-0.2, 0) is 4.79 Å². The smallest absolute Gasteiger partial charge is 0.290 e. The zero-order chi connectivity index (χ0) is 22.7. The Bertz CT molecular complexity index is 1380. The fraction of sp³-hybridized carbons (Fsp3) is 0.167. The van der Waals surface area contributed by atoms with E-state index >= 15 is 0 Å². The summed E-state index contributed by atoms with van der Waals surface area (Å²) in [5.74, 6) is -0.621. The lowest BCUT2D eigenvalue weighted by Gasteiger charge is -2.14. The highest BCUT2D eigenvalue weighted by molar-refractivity contribution is 6.05. The van der Waals surface area contributed by atoms with Crippen molar-refractivity contribution in [3.63, 3.8) is 0 Å². The van der Waals surface area contributed by atoms with E-state index in [1.54, 1.807) is 44.2 Å². The lowest BCUT2D eigenvalue weighted by atomic mass is 10.1. The summed E-state index contributed by atoms with van der Waals surface area (Å²) in [7, 11) is 0. The zero-order valence-corrected chi connectivity index (χ0v) is 17.7. The number of amides is 2. The number of hydrogen-bond donors (Lipinski definition) is 2. The Balaban J connectivity index is 1.44. The van der Waals surface area contributed by atoms with Crippen LogP contribution in [0.25, 0.3) is 21.5 Å². The van der Waals surface area contributed by atoms with Gasteiger partial charge in [0.15, 0.2) is 12.3 Å². The minimum absolute atomic E-state index is 0.0460. The highest BCUT2D eigenvalue weighted by atomic mass is 16.5. The topological polar surface area (TPSA) is 102 Å². The first-order valence-corrected chi connectivity index (χ1v) is 10.2. The van der Waals surface area contributed by atoms with Gasteiger partial charge in [0.25, 0.3) is 17.4 Å². The Kier molecular flexibility index (Phi) is 5.85. The number of carbonyl (C=O) groups is 2. The van der Waals surface area contributed by atoms with E-state index in [4.69, 9.17) is 4.74 Å². The lowest BCUT2D eigenvalue weighted by molar-refractivity contribution is -0.123. The number of hydrogen-bond acceptors (Lipinski definition) is 5.